The topological polar surface area (TPSA) is 69.5 Å². The molecule has 0 saturated carbocycles. The first-order chi connectivity index (χ1) is 12.7. The van der Waals surface area contributed by atoms with Crippen LogP contribution in [0.1, 0.15) is 53.3 Å². The fourth-order valence-corrected chi connectivity index (χ4v) is 4.12. The number of phenolic OH excluding ortho intramolecular Hbond substituents is 1. The van der Waals surface area contributed by atoms with Crippen molar-refractivity contribution < 1.29 is 5.11 Å². The van der Waals surface area contributed by atoms with Crippen molar-refractivity contribution in [3.8, 4) is 5.75 Å². The Labute approximate surface area is 159 Å². The Hall–Kier alpha value is -2.08. The van der Waals surface area contributed by atoms with E-state index in [0.29, 0.717) is 18.8 Å². The molecule has 0 fully saturated rings. The van der Waals surface area contributed by atoms with E-state index in [9.17, 15) is 5.11 Å². The second-order valence-corrected chi connectivity index (χ2v) is 7.73. The second kappa shape index (κ2) is 9.03. The molecule has 1 aromatic carbocycles. The summed E-state index contributed by atoms with van der Waals surface area (Å²) in [7, 11) is 0. The van der Waals surface area contributed by atoms with Crippen LogP contribution in [-0.2, 0) is 32.4 Å². The van der Waals surface area contributed by atoms with Gasteiger partial charge in [-0.15, -0.1) is 11.3 Å². The van der Waals surface area contributed by atoms with Crippen molar-refractivity contribution in [2.24, 2.45) is 4.99 Å². The predicted molar refractivity (Wildman–Crippen MR) is 108 cm³/mol. The van der Waals surface area contributed by atoms with Crippen molar-refractivity contribution in [1.82, 2.24) is 15.6 Å². The van der Waals surface area contributed by atoms with Gasteiger partial charge >= 0.3 is 0 Å². The number of hydrogen-bond donors (Lipinski definition) is 3. The predicted octanol–water partition coefficient (Wildman–Crippen LogP) is 3.55. The van der Waals surface area contributed by atoms with Crippen LogP contribution in [0.15, 0.2) is 23.3 Å². The summed E-state index contributed by atoms with van der Waals surface area (Å²) < 4.78 is 0. The van der Waals surface area contributed by atoms with Gasteiger partial charge in [-0.2, -0.15) is 0 Å². The van der Waals surface area contributed by atoms with Crippen LogP contribution in [0.3, 0.4) is 0 Å². The van der Waals surface area contributed by atoms with E-state index in [2.05, 4.69) is 35.5 Å². The molecule has 1 aromatic heterocycles. The normalized spacial score (nSPS) is 14.2. The van der Waals surface area contributed by atoms with E-state index in [1.165, 1.54) is 28.8 Å². The fourth-order valence-electron chi connectivity index (χ4n) is 3.32. The maximum Gasteiger partial charge on any atom is 0.191 e. The minimum absolute atomic E-state index is 0.359. The van der Waals surface area contributed by atoms with E-state index in [1.54, 1.807) is 11.3 Å². The molecule has 6 heteroatoms. The third kappa shape index (κ3) is 4.55. The number of aryl methyl sites for hydroxylation is 2. The first-order valence-corrected chi connectivity index (χ1v) is 10.3. The van der Waals surface area contributed by atoms with Gasteiger partial charge in [-0.1, -0.05) is 13.0 Å². The molecule has 3 rings (SSSR count). The van der Waals surface area contributed by atoms with Gasteiger partial charge in [0.15, 0.2) is 5.96 Å². The smallest absolute Gasteiger partial charge is 0.191 e. The zero-order chi connectivity index (χ0) is 18.4. The van der Waals surface area contributed by atoms with Crippen molar-refractivity contribution >= 4 is 17.3 Å². The van der Waals surface area contributed by atoms with Gasteiger partial charge in [-0.25, -0.2) is 9.98 Å². The largest absolute Gasteiger partial charge is 0.508 e. The Morgan fingerprint density at radius 1 is 1.23 bits per heavy atom. The van der Waals surface area contributed by atoms with Crippen LogP contribution in [0.4, 0.5) is 0 Å². The molecule has 0 radical (unpaired) electrons. The number of phenols is 1. The number of aliphatic imine (C=N–C) groups is 1. The molecule has 1 heterocycles. The van der Waals surface area contributed by atoms with Gasteiger partial charge in [0.2, 0.25) is 0 Å². The molecule has 0 amide bonds. The van der Waals surface area contributed by atoms with Gasteiger partial charge in [0.25, 0.3) is 0 Å². The summed E-state index contributed by atoms with van der Waals surface area (Å²) in [5.41, 5.74) is 3.64. The Balaban J connectivity index is 1.71. The van der Waals surface area contributed by atoms with E-state index in [1.807, 2.05) is 12.3 Å². The number of fused-ring (bicyclic) bond motifs is 1. The number of rotatable bonds is 6. The number of nitrogens with zero attached hydrogens (tertiary/aromatic N) is 2. The molecular weight excluding hydrogens is 344 g/mol. The molecule has 1 aliphatic carbocycles. The number of nitrogens with one attached hydrogen (secondary N) is 2. The molecule has 0 spiro atoms. The fraction of sp³-hybridized carbons (Fsp3) is 0.500. The molecule has 0 aliphatic heterocycles. The molecule has 26 heavy (non-hydrogen) atoms. The molecule has 2 aromatic rings. The molecule has 140 valence electrons. The summed E-state index contributed by atoms with van der Waals surface area (Å²) in [4.78, 5) is 10.4. The quantitative estimate of drug-likeness (QED) is 0.536. The zero-order valence-corrected chi connectivity index (χ0v) is 16.5. The number of hydrogen-bond acceptors (Lipinski definition) is 4. The van der Waals surface area contributed by atoms with Gasteiger partial charge in [0.1, 0.15) is 10.8 Å². The molecule has 0 saturated heterocycles. The van der Waals surface area contributed by atoms with Crippen LogP contribution in [0, 0.1) is 0 Å². The number of guanidine groups is 1. The van der Waals surface area contributed by atoms with Crippen LogP contribution >= 0.6 is 11.3 Å². The average molecular weight is 373 g/mol. The second-order valence-electron chi connectivity index (χ2n) is 6.53. The third-order valence-electron chi connectivity index (χ3n) is 4.72. The molecule has 0 bridgehead atoms. The molecule has 0 unspecified atom stereocenters. The summed E-state index contributed by atoms with van der Waals surface area (Å²) >= 11 is 1.73. The lowest BCUT2D eigenvalue weighted by atomic mass is 9.88. The van der Waals surface area contributed by atoms with Gasteiger partial charge in [0.05, 0.1) is 13.1 Å². The Morgan fingerprint density at radius 3 is 2.85 bits per heavy atom. The number of benzene rings is 1. The Kier molecular flexibility index (Phi) is 6.50. The standard InChI is InChI=1S/C20H28N4OS/c1-3-15-11-22-19(26-15)13-24-20(21-4-2)23-12-17-16-8-6-5-7-14(16)9-10-18(17)25/h9-11,25H,3-8,12-13H2,1-2H3,(H2,21,23,24). The number of aromatic nitrogens is 1. The van der Waals surface area contributed by atoms with E-state index >= 15 is 0 Å². The van der Waals surface area contributed by atoms with Crippen LogP contribution in [0.25, 0.3) is 0 Å². The zero-order valence-electron chi connectivity index (χ0n) is 15.6. The monoisotopic (exact) mass is 372 g/mol. The van der Waals surface area contributed by atoms with Crippen molar-refractivity contribution in [1.29, 1.82) is 0 Å². The lowest BCUT2D eigenvalue weighted by Crippen LogP contribution is -2.36. The van der Waals surface area contributed by atoms with Crippen LogP contribution < -0.4 is 10.6 Å². The summed E-state index contributed by atoms with van der Waals surface area (Å²) in [6, 6.07) is 3.88. The molecule has 3 N–H and O–H groups in total. The Morgan fingerprint density at radius 2 is 2.08 bits per heavy atom. The van der Waals surface area contributed by atoms with Crippen molar-refractivity contribution in [3.05, 3.63) is 44.9 Å². The summed E-state index contributed by atoms with van der Waals surface area (Å²) in [6.45, 7) is 6.14. The Bertz CT molecular complexity index is 769. The highest BCUT2D eigenvalue weighted by atomic mass is 32.1. The summed E-state index contributed by atoms with van der Waals surface area (Å²) in [5.74, 6) is 1.12. The highest BCUT2D eigenvalue weighted by molar-refractivity contribution is 7.11. The SMILES string of the molecule is CCNC(=NCc1c(O)ccc2c1CCCC2)NCc1ncc(CC)s1. The van der Waals surface area contributed by atoms with E-state index in [0.717, 1.165) is 42.3 Å². The van der Waals surface area contributed by atoms with E-state index in [4.69, 9.17) is 4.99 Å². The average Bonchev–Trinajstić information content (AvgIpc) is 3.13. The molecule has 5 nitrogen and oxygen atoms in total. The maximum atomic E-state index is 10.3. The van der Waals surface area contributed by atoms with Crippen LogP contribution in [-0.4, -0.2) is 22.6 Å². The first-order valence-electron chi connectivity index (χ1n) is 9.49. The minimum atomic E-state index is 0.359. The molecule has 0 atom stereocenters. The molecular formula is C20H28N4OS. The van der Waals surface area contributed by atoms with E-state index in [-0.39, 0.29) is 0 Å². The van der Waals surface area contributed by atoms with Crippen molar-refractivity contribution in [2.45, 2.75) is 59.0 Å². The van der Waals surface area contributed by atoms with Gasteiger partial charge < -0.3 is 15.7 Å². The summed E-state index contributed by atoms with van der Waals surface area (Å²) in [6.07, 6.45) is 7.53. The minimum Gasteiger partial charge on any atom is -0.508 e. The van der Waals surface area contributed by atoms with Crippen LogP contribution in [0.5, 0.6) is 5.75 Å². The number of aromatic hydroxyl groups is 1. The highest BCUT2D eigenvalue weighted by Gasteiger charge is 2.16. The van der Waals surface area contributed by atoms with Crippen molar-refractivity contribution in [3.63, 3.8) is 0 Å². The van der Waals surface area contributed by atoms with Gasteiger partial charge in [0, 0.05) is 23.2 Å². The molecule has 1 aliphatic rings. The van der Waals surface area contributed by atoms with Crippen LogP contribution in [0.2, 0.25) is 0 Å². The van der Waals surface area contributed by atoms with Gasteiger partial charge in [-0.3, -0.25) is 0 Å². The number of thiazole rings is 1. The summed E-state index contributed by atoms with van der Waals surface area (Å²) in [5, 5.41) is 18.0. The lowest BCUT2D eigenvalue weighted by Gasteiger charge is -2.20. The third-order valence-corrected chi connectivity index (χ3v) is 5.86. The van der Waals surface area contributed by atoms with Crippen molar-refractivity contribution in [2.75, 3.05) is 6.54 Å². The highest BCUT2D eigenvalue weighted by Crippen LogP contribution is 2.31. The lowest BCUT2D eigenvalue weighted by molar-refractivity contribution is 0.465. The first kappa shape index (κ1) is 18.7. The van der Waals surface area contributed by atoms with E-state index < -0.39 is 0 Å². The van der Waals surface area contributed by atoms with Gasteiger partial charge in [-0.05, 0) is 56.2 Å². The maximum absolute atomic E-state index is 10.3.